The topological polar surface area (TPSA) is 78.9 Å². The van der Waals surface area contributed by atoms with E-state index in [2.05, 4.69) is 6.92 Å². The molecular weight excluding hydrogens is 312 g/mol. The number of esters is 3. The summed E-state index contributed by atoms with van der Waals surface area (Å²) in [7, 11) is 0. The summed E-state index contributed by atoms with van der Waals surface area (Å²) in [5.74, 6) is -2.58. The molecule has 4 rings (SSSR count). The minimum atomic E-state index is -0.653. The molecule has 0 aromatic carbocycles. The molecule has 3 saturated carbocycles. The summed E-state index contributed by atoms with van der Waals surface area (Å²) in [5, 5.41) is 0. The zero-order valence-corrected chi connectivity index (χ0v) is 13.9. The first-order chi connectivity index (χ1) is 11.5. The molecule has 6 unspecified atom stereocenters. The molecule has 6 heteroatoms. The van der Waals surface area contributed by atoms with E-state index >= 15 is 0 Å². The Labute approximate surface area is 141 Å². The van der Waals surface area contributed by atoms with Gasteiger partial charge in [0.2, 0.25) is 0 Å². The molecule has 6 nitrogen and oxygen atoms in total. The quantitative estimate of drug-likeness (QED) is 0.576. The molecule has 2 bridgehead atoms. The first-order valence-electron chi connectivity index (χ1n) is 8.92. The van der Waals surface area contributed by atoms with Gasteiger partial charge in [0.25, 0.3) is 0 Å². The van der Waals surface area contributed by atoms with Crippen LogP contribution in [-0.2, 0) is 28.6 Å². The van der Waals surface area contributed by atoms with Gasteiger partial charge < -0.3 is 14.2 Å². The second-order valence-electron chi connectivity index (χ2n) is 7.64. The van der Waals surface area contributed by atoms with Crippen LogP contribution in [0.5, 0.6) is 0 Å². The lowest BCUT2D eigenvalue weighted by Gasteiger charge is -2.34. The molecule has 4 aliphatic rings. The van der Waals surface area contributed by atoms with Crippen LogP contribution in [-0.4, -0.2) is 35.7 Å². The number of hydrogen-bond acceptors (Lipinski definition) is 6. The number of fused-ring (bicyclic) bond motifs is 1. The van der Waals surface area contributed by atoms with E-state index < -0.39 is 30.0 Å². The van der Waals surface area contributed by atoms with Crippen molar-refractivity contribution in [2.75, 3.05) is 0 Å². The van der Waals surface area contributed by atoms with Crippen molar-refractivity contribution in [2.24, 2.45) is 23.7 Å². The van der Waals surface area contributed by atoms with Gasteiger partial charge in [-0.15, -0.1) is 0 Å². The summed E-state index contributed by atoms with van der Waals surface area (Å²) in [5.41, 5.74) is -0.390. The fourth-order valence-corrected chi connectivity index (χ4v) is 5.45. The maximum absolute atomic E-state index is 12.9. The van der Waals surface area contributed by atoms with Crippen molar-refractivity contribution in [2.45, 2.75) is 63.3 Å². The summed E-state index contributed by atoms with van der Waals surface area (Å²) >= 11 is 0. The highest BCUT2D eigenvalue weighted by Gasteiger charge is 2.70. The number of carbonyl (C=O) groups excluding carboxylic acids is 3. The van der Waals surface area contributed by atoms with E-state index in [1.807, 2.05) is 6.92 Å². The van der Waals surface area contributed by atoms with Gasteiger partial charge in [-0.3, -0.25) is 14.4 Å². The first-order valence-corrected chi connectivity index (χ1v) is 8.92. The molecule has 1 radical (unpaired) electrons. The SMILES string of the molecule is [CH2]C(=O)OC1C2CC3C1OC(=O)C3C2C(=O)OC1(CC)CCCC1. The van der Waals surface area contributed by atoms with Crippen molar-refractivity contribution in [3.05, 3.63) is 6.92 Å². The summed E-state index contributed by atoms with van der Waals surface area (Å²) < 4.78 is 16.6. The number of ether oxygens (including phenoxy) is 3. The Morgan fingerprint density at radius 1 is 1.29 bits per heavy atom. The Morgan fingerprint density at radius 3 is 2.62 bits per heavy atom. The van der Waals surface area contributed by atoms with Crippen LogP contribution < -0.4 is 0 Å². The second-order valence-corrected chi connectivity index (χ2v) is 7.64. The summed E-state index contributed by atoms with van der Waals surface area (Å²) in [4.78, 5) is 36.5. The largest absolute Gasteiger partial charge is 0.459 e. The molecule has 131 valence electrons. The maximum Gasteiger partial charge on any atom is 0.310 e. The van der Waals surface area contributed by atoms with Crippen LogP contribution in [0.3, 0.4) is 0 Å². The fourth-order valence-electron chi connectivity index (χ4n) is 5.45. The van der Waals surface area contributed by atoms with Crippen molar-refractivity contribution in [3.8, 4) is 0 Å². The van der Waals surface area contributed by atoms with Crippen molar-refractivity contribution in [3.63, 3.8) is 0 Å². The maximum atomic E-state index is 12.9. The molecule has 0 amide bonds. The normalized spacial score (nSPS) is 41.3. The number of rotatable bonds is 4. The van der Waals surface area contributed by atoms with E-state index in [4.69, 9.17) is 14.2 Å². The van der Waals surface area contributed by atoms with Gasteiger partial charge >= 0.3 is 17.9 Å². The Hall–Kier alpha value is -1.59. The average molecular weight is 335 g/mol. The van der Waals surface area contributed by atoms with Gasteiger partial charge in [-0.05, 0) is 38.5 Å². The molecule has 4 fully saturated rings. The zero-order valence-electron chi connectivity index (χ0n) is 13.9. The van der Waals surface area contributed by atoms with Crippen LogP contribution in [0.15, 0.2) is 0 Å². The molecular formula is C18H23O6. The van der Waals surface area contributed by atoms with Gasteiger partial charge in [0.1, 0.15) is 17.8 Å². The van der Waals surface area contributed by atoms with E-state index in [1.165, 1.54) is 0 Å². The van der Waals surface area contributed by atoms with Crippen LogP contribution in [0.2, 0.25) is 0 Å². The highest BCUT2D eigenvalue weighted by atomic mass is 16.6. The van der Waals surface area contributed by atoms with Crippen LogP contribution in [0.1, 0.15) is 45.4 Å². The Bertz CT molecular complexity index is 578. The lowest BCUT2D eigenvalue weighted by atomic mass is 9.78. The molecule has 0 aromatic heterocycles. The molecule has 1 heterocycles. The highest BCUT2D eigenvalue weighted by molar-refractivity contribution is 5.86. The van der Waals surface area contributed by atoms with E-state index in [1.54, 1.807) is 0 Å². The van der Waals surface area contributed by atoms with Crippen molar-refractivity contribution < 1.29 is 28.6 Å². The molecule has 0 spiro atoms. The Kier molecular flexibility index (Phi) is 3.62. The van der Waals surface area contributed by atoms with Crippen molar-refractivity contribution in [1.82, 2.24) is 0 Å². The predicted molar refractivity (Wildman–Crippen MR) is 81.3 cm³/mol. The molecule has 24 heavy (non-hydrogen) atoms. The van der Waals surface area contributed by atoms with Crippen molar-refractivity contribution >= 4 is 17.9 Å². The smallest absolute Gasteiger partial charge is 0.310 e. The Morgan fingerprint density at radius 2 is 2.00 bits per heavy atom. The van der Waals surface area contributed by atoms with Gasteiger partial charge in [-0.2, -0.15) is 0 Å². The zero-order chi connectivity index (χ0) is 17.1. The van der Waals surface area contributed by atoms with Crippen LogP contribution in [0.4, 0.5) is 0 Å². The first kappa shape index (κ1) is 15.9. The summed E-state index contributed by atoms with van der Waals surface area (Å²) in [6.07, 6.45) is 4.35. The number of carbonyl (C=O) groups is 3. The lowest BCUT2D eigenvalue weighted by molar-refractivity contribution is -0.174. The van der Waals surface area contributed by atoms with E-state index in [0.29, 0.717) is 6.42 Å². The third kappa shape index (κ3) is 2.18. The summed E-state index contributed by atoms with van der Waals surface area (Å²) in [6.45, 7) is 5.28. The van der Waals surface area contributed by atoms with E-state index in [0.717, 1.165) is 32.1 Å². The molecule has 6 atom stereocenters. The third-order valence-corrected chi connectivity index (χ3v) is 6.56. The van der Waals surface area contributed by atoms with Crippen LogP contribution in [0, 0.1) is 30.6 Å². The summed E-state index contributed by atoms with van der Waals surface area (Å²) in [6, 6.07) is 0. The van der Waals surface area contributed by atoms with Gasteiger partial charge in [-0.25, -0.2) is 0 Å². The second kappa shape index (κ2) is 5.46. The monoisotopic (exact) mass is 335 g/mol. The van der Waals surface area contributed by atoms with Gasteiger partial charge in [0.05, 0.1) is 18.8 Å². The molecule has 0 aromatic rings. The van der Waals surface area contributed by atoms with E-state index in [-0.39, 0.29) is 29.4 Å². The van der Waals surface area contributed by atoms with Gasteiger partial charge in [0.15, 0.2) is 0 Å². The molecule has 1 saturated heterocycles. The standard InChI is InChI=1S/C18H23O6/c1-3-18(6-4-5-7-18)24-17(21)13-11-8-10-12(13)16(20)23-15(10)14(11)22-9(2)19/h10-15H,2-8H2,1H3. The van der Waals surface area contributed by atoms with Gasteiger partial charge in [0, 0.05) is 11.8 Å². The minimum absolute atomic E-state index is 0.0504. The lowest BCUT2D eigenvalue weighted by Crippen LogP contribution is -2.45. The predicted octanol–water partition coefficient (Wildman–Crippen LogP) is 1.81. The molecule has 3 aliphatic carbocycles. The third-order valence-electron chi connectivity index (χ3n) is 6.56. The highest BCUT2D eigenvalue weighted by Crippen LogP contribution is 2.59. The van der Waals surface area contributed by atoms with Crippen LogP contribution in [0.25, 0.3) is 0 Å². The minimum Gasteiger partial charge on any atom is -0.459 e. The molecule has 1 aliphatic heterocycles. The van der Waals surface area contributed by atoms with Crippen molar-refractivity contribution in [1.29, 1.82) is 0 Å². The Balaban J connectivity index is 1.57. The van der Waals surface area contributed by atoms with Crippen LogP contribution >= 0.6 is 0 Å². The molecule has 0 N–H and O–H groups in total. The fraction of sp³-hybridized carbons (Fsp3) is 0.778. The van der Waals surface area contributed by atoms with Gasteiger partial charge in [-0.1, -0.05) is 6.92 Å². The van der Waals surface area contributed by atoms with E-state index in [9.17, 15) is 14.4 Å². The average Bonchev–Trinajstić information content (AvgIpc) is 3.24. The number of hydrogen-bond donors (Lipinski definition) is 0.